The molecule has 0 aliphatic carbocycles. The van der Waals surface area contributed by atoms with Crippen LogP contribution in [0.15, 0.2) is 130 Å². The normalized spacial score (nSPS) is 12.2. The highest BCUT2D eigenvalue weighted by atomic mass is 16.3. The van der Waals surface area contributed by atoms with Crippen molar-refractivity contribution in [3.63, 3.8) is 0 Å². The van der Waals surface area contributed by atoms with Crippen LogP contribution in [0, 0.1) is 0 Å². The third-order valence-corrected chi connectivity index (χ3v) is 7.98. The van der Waals surface area contributed by atoms with Gasteiger partial charge in [-0.15, -0.1) is 0 Å². The standard InChI is InChI=1S/C36H20O2/c1-3-9-26-21(7-1)15-22-8-2-4-10-27(22)36(26)23-13-14-33-30(16-23)31-18-24-17-29-28-11-5-6-12-32(28)37-34(29)19-25(24)20-35(31)38-33/h1-20H. The summed E-state index contributed by atoms with van der Waals surface area (Å²) < 4.78 is 12.5. The average Bonchev–Trinajstić information content (AvgIpc) is 3.50. The number of furan rings is 2. The van der Waals surface area contributed by atoms with Gasteiger partial charge in [-0.1, -0.05) is 72.8 Å². The van der Waals surface area contributed by atoms with Crippen LogP contribution in [0.5, 0.6) is 0 Å². The fourth-order valence-corrected chi connectivity index (χ4v) is 6.22. The van der Waals surface area contributed by atoms with E-state index in [2.05, 4.69) is 109 Å². The molecule has 9 aromatic rings. The summed E-state index contributed by atoms with van der Waals surface area (Å²) in [5, 5.41) is 11.9. The summed E-state index contributed by atoms with van der Waals surface area (Å²) in [6.07, 6.45) is 0. The van der Waals surface area contributed by atoms with Crippen molar-refractivity contribution in [1.82, 2.24) is 0 Å². The number of rotatable bonds is 1. The van der Waals surface area contributed by atoms with Crippen LogP contribution in [0.3, 0.4) is 0 Å². The quantitative estimate of drug-likeness (QED) is 0.217. The molecule has 0 fully saturated rings. The molecule has 0 saturated heterocycles. The van der Waals surface area contributed by atoms with E-state index in [4.69, 9.17) is 8.83 Å². The maximum Gasteiger partial charge on any atom is 0.136 e. The summed E-state index contributed by atoms with van der Waals surface area (Å²) in [4.78, 5) is 0. The second kappa shape index (κ2) is 7.24. The number of fused-ring (bicyclic) bond motifs is 9. The molecule has 0 unspecified atom stereocenters. The predicted octanol–water partition coefficient (Wildman–Crippen LogP) is 10.6. The van der Waals surface area contributed by atoms with Gasteiger partial charge in [-0.2, -0.15) is 0 Å². The third kappa shape index (κ3) is 2.72. The van der Waals surface area contributed by atoms with Gasteiger partial charge in [-0.3, -0.25) is 0 Å². The molecule has 0 aliphatic rings. The molecule has 7 aromatic carbocycles. The van der Waals surface area contributed by atoms with Crippen molar-refractivity contribution in [2.45, 2.75) is 0 Å². The SMILES string of the molecule is c1ccc2c(-c3ccc4oc5cc6cc7oc8ccccc8c7cc6cc5c4c3)c3ccccc3cc2c1. The Labute approximate surface area is 217 Å². The minimum atomic E-state index is 0.892. The van der Waals surface area contributed by atoms with Crippen molar-refractivity contribution in [1.29, 1.82) is 0 Å². The van der Waals surface area contributed by atoms with E-state index in [1.807, 2.05) is 12.1 Å². The van der Waals surface area contributed by atoms with Crippen molar-refractivity contribution < 1.29 is 8.83 Å². The predicted molar refractivity (Wildman–Crippen MR) is 159 cm³/mol. The fraction of sp³-hybridized carbons (Fsp3) is 0. The molecular weight excluding hydrogens is 464 g/mol. The Kier molecular flexibility index (Phi) is 3.82. The Morgan fingerprint density at radius 2 is 0.842 bits per heavy atom. The lowest BCUT2D eigenvalue weighted by molar-refractivity contribution is 0.668. The van der Waals surface area contributed by atoms with Crippen LogP contribution in [0.25, 0.3) is 87.3 Å². The Balaban J connectivity index is 1.34. The van der Waals surface area contributed by atoms with Crippen molar-refractivity contribution in [3.05, 3.63) is 121 Å². The molecule has 0 atom stereocenters. The summed E-state index contributed by atoms with van der Waals surface area (Å²) in [5.41, 5.74) is 6.07. The first-order chi connectivity index (χ1) is 18.8. The summed E-state index contributed by atoms with van der Waals surface area (Å²) in [6, 6.07) is 43.2. The van der Waals surface area contributed by atoms with Gasteiger partial charge in [0.2, 0.25) is 0 Å². The maximum atomic E-state index is 6.37. The molecule has 0 bridgehead atoms. The summed E-state index contributed by atoms with van der Waals surface area (Å²) in [6.45, 7) is 0. The van der Waals surface area contributed by atoms with E-state index in [9.17, 15) is 0 Å². The molecule has 0 N–H and O–H groups in total. The van der Waals surface area contributed by atoms with Gasteiger partial charge in [-0.05, 0) is 92.0 Å². The molecule has 9 rings (SSSR count). The Morgan fingerprint density at radius 3 is 1.55 bits per heavy atom. The molecule has 2 heterocycles. The molecule has 2 nitrogen and oxygen atoms in total. The lowest BCUT2D eigenvalue weighted by atomic mass is 9.91. The molecule has 2 aromatic heterocycles. The first kappa shape index (κ1) is 20.0. The van der Waals surface area contributed by atoms with E-state index in [1.165, 1.54) is 38.1 Å². The van der Waals surface area contributed by atoms with E-state index >= 15 is 0 Å². The monoisotopic (exact) mass is 484 g/mol. The van der Waals surface area contributed by atoms with Gasteiger partial charge in [0.1, 0.15) is 22.3 Å². The van der Waals surface area contributed by atoms with Crippen LogP contribution in [-0.4, -0.2) is 0 Å². The maximum absolute atomic E-state index is 6.37. The molecule has 0 radical (unpaired) electrons. The van der Waals surface area contributed by atoms with Crippen LogP contribution >= 0.6 is 0 Å². The van der Waals surface area contributed by atoms with E-state index in [0.717, 1.165) is 49.3 Å². The van der Waals surface area contributed by atoms with Crippen LogP contribution in [0.4, 0.5) is 0 Å². The zero-order valence-corrected chi connectivity index (χ0v) is 20.4. The van der Waals surface area contributed by atoms with Gasteiger partial charge >= 0.3 is 0 Å². The van der Waals surface area contributed by atoms with Crippen LogP contribution in [0.2, 0.25) is 0 Å². The largest absolute Gasteiger partial charge is 0.456 e. The summed E-state index contributed by atoms with van der Waals surface area (Å²) >= 11 is 0. The Hall–Kier alpha value is -5.08. The molecule has 0 spiro atoms. The highest BCUT2D eigenvalue weighted by Crippen LogP contribution is 2.41. The van der Waals surface area contributed by atoms with Gasteiger partial charge in [0, 0.05) is 21.5 Å². The van der Waals surface area contributed by atoms with Crippen LogP contribution in [0.1, 0.15) is 0 Å². The van der Waals surface area contributed by atoms with E-state index in [0.29, 0.717) is 0 Å². The van der Waals surface area contributed by atoms with Crippen molar-refractivity contribution in [3.8, 4) is 11.1 Å². The van der Waals surface area contributed by atoms with Crippen molar-refractivity contribution >= 4 is 76.2 Å². The van der Waals surface area contributed by atoms with Gasteiger partial charge in [-0.25, -0.2) is 0 Å². The van der Waals surface area contributed by atoms with Crippen LogP contribution in [-0.2, 0) is 0 Å². The second-order valence-corrected chi connectivity index (χ2v) is 10.1. The second-order valence-electron chi connectivity index (χ2n) is 10.1. The Bertz CT molecular complexity index is 2350. The number of para-hydroxylation sites is 1. The van der Waals surface area contributed by atoms with Gasteiger partial charge < -0.3 is 8.83 Å². The Morgan fingerprint density at radius 1 is 0.316 bits per heavy atom. The van der Waals surface area contributed by atoms with Crippen molar-refractivity contribution in [2.75, 3.05) is 0 Å². The molecule has 0 saturated carbocycles. The summed E-state index contributed by atoms with van der Waals surface area (Å²) in [7, 11) is 0. The lowest BCUT2D eigenvalue weighted by Crippen LogP contribution is -1.85. The average molecular weight is 485 g/mol. The van der Waals surface area contributed by atoms with E-state index in [-0.39, 0.29) is 0 Å². The third-order valence-electron chi connectivity index (χ3n) is 7.98. The highest BCUT2D eigenvalue weighted by Gasteiger charge is 2.15. The van der Waals surface area contributed by atoms with Gasteiger partial charge in [0.15, 0.2) is 0 Å². The number of hydrogen-bond donors (Lipinski definition) is 0. The number of hydrogen-bond acceptors (Lipinski definition) is 2. The van der Waals surface area contributed by atoms with E-state index in [1.54, 1.807) is 0 Å². The molecular formula is C36H20O2. The van der Waals surface area contributed by atoms with Crippen LogP contribution < -0.4 is 0 Å². The topological polar surface area (TPSA) is 26.3 Å². The first-order valence-corrected chi connectivity index (χ1v) is 12.9. The number of benzene rings is 7. The van der Waals surface area contributed by atoms with Gasteiger partial charge in [0.25, 0.3) is 0 Å². The van der Waals surface area contributed by atoms with E-state index < -0.39 is 0 Å². The summed E-state index contributed by atoms with van der Waals surface area (Å²) in [5.74, 6) is 0. The fourth-order valence-electron chi connectivity index (χ4n) is 6.22. The molecule has 0 amide bonds. The first-order valence-electron chi connectivity index (χ1n) is 12.9. The zero-order chi connectivity index (χ0) is 24.8. The zero-order valence-electron chi connectivity index (χ0n) is 20.4. The molecule has 0 aliphatic heterocycles. The van der Waals surface area contributed by atoms with Gasteiger partial charge in [0.05, 0.1) is 0 Å². The van der Waals surface area contributed by atoms with Crippen molar-refractivity contribution in [2.24, 2.45) is 0 Å². The smallest absolute Gasteiger partial charge is 0.136 e. The molecule has 176 valence electrons. The molecule has 38 heavy (non-hydrogen) atoms. The minimum Gasteiger partial charge on any atom is -0.456 e. The highest BCUT2D eigenvalue weighted by molar-refractivity contribution is 6.17. The lowest BCUT2D eigenvalue weighted by Gasteiger charge is -2.12. The molecule has 2 heteroatoms. The minimum absolute atomic E-state index is 0.892.